The predicted octanol–water partition coefficient (Wildman–Crippen LogP) is 3.08. The summed E-state index contributed by atoms with van der Waals surface area (Å²) in [6.45, 7) is 8.21. The number of hydrogen-bond acceptors (Lipinski definition) is 3. The highest BCUT2D eigenvalue weighted by Crippen LogP contribution is 2.13. The van der Waals surface area contributed by atoms with Crippen LogP contribution in [0.1, 0.15) is 45.6 Å². The quantitative estimate of drug-likeness (QED) is 0.661. The van der Waals surface area contributed by atoms with E-state index in [2.05, 4.69) is 13.8 Å². The average Bonchev–Trinajstić information content (AvgIpc) is 2.58. The monoisotopic (exact) mass is 334 g/mol. The predicted molar refractivity (Wildman–Crippen MR) is 95.9 cm³/mol. The molecular weight excluding hydrogens is 304 g/mol. The van der Waals surface area contributed by atoms with Crippen molar-refractivity contribution in [3.8, 4) is 5.75 Å². The fourth-order valence-electron chi connectivity index (χ4n) is 2.59. The van der Waals surface area contributed by atoms with Gasteiger partial charge in [-0.25, -0.2) is 0 Å². The van der Waals surface area contributed by atoms with Crippen LogP contribution in [0, 0.1) is 0 Å². The number of amides is 2. The largest absolute Gasteiger partial charge is 0.497 e. The molecule has 1 rings (SSSR count). The molecule has 134 valence electrons. The van der Waals surface area contributed by atoms with Gasteiger partial charge in [0.25, 0.3) is 0 Å². The van der Waals surface area contributed by atoms with Gasteiger partial charge in [-0.2, -0.15) is 0 Å². The number of methoxy groups -OCH3 is 1. The first-order valence-corrected chi connectivity index (χ1v) is 8.68. The first kappa shape index (κ1) is 20.0. The molecule has 0 aliphatic heterocycles. The molecule has 0 heterocycles. The van der Waals surface area contributed by atoms with E-state index in [1.54, 1.807) is 18.9 Å². The molecule has 1 aromatic carbocycles. The molecule has 5 nitrogen and oxygen atoms in total. The lowest BCUT2D eigenvalue weighted by Crippen LogP contribution is -2.36. The summed E-state index contributed by atoms with van der Waals surface area (Å²) in [7, 11) is 1.63. The zero-order chi connectivity index (χ0) is 17.9. The fraction of sp³-hybridized carbons (Fsp3) is 0.579. The third kappa shape index (κ3) is 6.60. The van der Waals surface area contributed by atoms with Crippen LogP contribution in [-0.2, 0) is 16.1 Å². The Morgan fingerprint density at radius 1 is 0.958 bits per heavy atom. The van der Waals surface area contributed by atoms with Crippen molar-refractivity contribution in [2.75, 3.05) is 26.7 Å². The fourth-order valence-corrected chi connectivity index (χ4v) is 2.59. The van der Waals surface area contributed by atoms with Crippen molar-refractivity contribution in [1.82, 2.24) is 9.80 Å². The highest BCUT2D eigenvalue weighted by Gasteiger charge is 2.15. The minimum atomic E-state index is -0.0175. The molecule has 1 aromatic rings. The molecule has 0 unspecified atom stereocenters. The molecule has 0 atom stereocenters. The molecule has 0 fully saturated rings. The molecule has 0 radical (unpaired) electrons. The van der Waals surface area contributed by atoms with Crippen LogP contribution in [-0.4, -0.2) is 48.4 Å². The van der Waals surface area contributed by atoms with Crippen LogP contribution in [0.3, 0.4) is 0 Å². The molecule has 0 saturated carbocycles. The normalized spacial score (nSPS) is 10.3. The molecule has 2 amide bonds. The summed E-state index contributed by atoms with van der Waals surface area (Å²) >= 11 is 0. The standard InChI is InChI=1S/C19H30N2O3/c1-5-12-20(13-6-2)19(23)11-14-21(16(3)22)15-17-7-9-18(24-4)10-8-17/h7-10H,5-6,11-15H2,1-4H3. The van der Waals surface area contributed by atoms with Gasteiger partial charge in [0.2, 0.25) is 11.8 Å². The zero-order valence-electron chi connectivity index (χ0n) is 15.4. The van der Waals surface area contributed by atoms with Gasteiger partial charge in [0.15, 0.2) is 0 Å². The first-order valence-electron chi connectivity index (χ1n) is 8.68. The van der Waals surface area contributed by atoms with E-state index in [-0.39, 0.29) is 11.8 Å². The summed E-state index contributed by atoms with van der Waals surface area (Å²) in [5.74, 6) is 0.897. The lowest BCUT2D eigenvalue weighted by Gasteiger charge is -2.25. The average molecular weight is 334 g/mol. The van der Waals surface area contributed by atoms with E-state index in [9.17, 15) is 9.59 Å². The van der Waals surface area contributed by atoms with Gasteiger partial charge >= 0.3 is 0 Å². The van der Waals surface area contributed by atoms with Crippen LogP contribution < -0.4 is 4.74 Å². The van der Waals surface area contributed by atoms with E-state index < -0.39 is 0 Å². The Bertz CT molecular complexity index is 508. The maximum Gasteiger partial charge on any atom is 0.224 e. The Hall–Kier alpha value is -2.04. The topological polar surface area (TPSA) is 49.9 Å². The Balaban J connectivity index is 2.61. The Kier molecular flexibility index (Phi) is 8.90. The van der Waals surface area contributed by atoms with Gasteiger partial charge in [0.1, 0.15) is 5.75 Å². The molecular formula is C19H30N2O3. The molecule has 24 heavy (non-hydrogen) atoms. The van der Waals surface area contributed by atoms with Crippen molar-refractivity contribution >= 4 is 11.8 Å². The molecule has 0 aliphatic carbocycles. The number of ether oxygens (including phenoxy) is 1. The third-order valence-corrected chi connectivity index (χ3v) is 3.91. The van der Waals surface area contributed by atoms with E-state index in [1.165, 1.54) is 0 Å². The lowest BCUT2D eigenvalue weighted by molar-refractivity contribution is -0.133. The highest BCUT2D eigenvalue weighted by molar-refractivity contribution is 5.78. The van der Waals surface area contributed by atoms with Crippen molar-refractivity contribution in [1.29, 1.82) is 0 Å². The Labute approximate surface area is 145 Å². The van der Waals surface area contributed by atoms with E-state index in [4.69, 9.17) is 4.74 Å². The summed E-state index contributed by atoms with van der Waals surface area (Å²) in [5, 5.41) is 0. The van der Waals surface area contributed by atoms with Gasteiger partial charge in [-0.15, -0.1) is 0 Å². The maximum atomic E-state index is 12.4. The van der Waals surface area contributed by atoms with Crippen LogP contribution in [0.4, 0.5) is 0 Å². The number of nitrogens with zero attached hydrogens (tertiary/aromatic N) is 2. The second kappa shape index (κ2) is 10.7. The second-order valence-electron chi connectivity index (χ2n) is 5.92. The van der Waals surface area contributed by atoms with Crippen molar-refractivity contribution in [3.63, 3.8) is 0 Å². The molecule has 0 spiro atoms. The van der Waals surface area contributed by atoms with Crippen LogP contribution in [0.25, 0.3) is 0 Å². The molecule has 5 heteroatoms. The van der Waals surface area contributed by atoms with Gasteiger partial charge in [-0.3, -0.25) is 9.59 Å². The number of carbonyl (C=O) groups excluding carboxylic acids is 2. The first-order chi connectivity index (χ1) is 11.5. The van der Waals surface area contributed by atoms with Crippen molar-refractivity contribution < 1.29 is 14.3 Å². The number of benzene rings is 1. The number of hydrogen-bond donors (Lipinski definition) is 0. The van der Waals surface area contributed by atoms with E-state index >= 15 is 0 Å². The molecule has 0 aromatic heterocycles. The van der Waals surface area contributed by atoms with Crippen molar-refractivity contribution in [2.24, 2.45) is 0 Å². The van der Waals surface area contributed by atoms with E-state index in [0.29, 0.717) is 19.5 Å². The summed E-state index contributed by atoms with van der Waals surface area (Å²) in [4.78, 5) is 27.9. The van der Waals surface area contributed by atoms with Gasteiger partial charge in [-0.1, -0.05) is 26.0 Å². The zero-order valence-corrected chi connectivity index (χ0v) is 15.4. The van der Waals surface area contributed by atoms with Crippen LogP contribution >= 0.6 is 0 Å². The second-order valence-corrected chi connectivity index (χ2v) is 5.92. The Morgan fingerprint density at radius 2 is 1.54 bits per heavy atom. The summed E-state index contributed by atoms with van der Waals surface area (Å²) in [6.07, 6.45) is 2.28. The SMILES string of the molecule is CCCN(CCC)C(=O)CCN(Cc1ccc(OC)cc1)C(C)=O. The molecule has 0 N–H and O–H groups in total. The Morgan fingerprint density at radius 3 is 2.00 bits per heavy atom. The number of carbonyl (C=O) groups is 2. The van der Waals surface area contributed by atoms with Crippen LogP contribution in [0.5, 0.6) is 5.75 Å². The van der Waals surface area contributed by atoms with Crippen molar-refractivity contribution in [3.05, 3.63) is 29.8 Å². The van der Waals surface area contributed by atoms with Crippen LogP contribution in [0.15, 0.2) is 24.3 Å². The van der Waals surface area contributed by atoms with E-state index in [0.717, 1.165) is 37.2 Å². The lowest BCUT2D eigenvalue weighted by atomic mass is 10.2. The minimum absolute atomic E-state index is 0.0175. The van der Waals surface area contributed by atoms with Gasteiger partial charge in [0.05, 0.1) is 7.11 Å². The van der Waals surface area contributed by atoms with Gasteiger partial charge < -0.3 is 14.5 Å². The summed E-state index contributed by atoms with van der Waals surface area (Å²) < 4.78 is 5.14. The minimum Gasteiger partial charge on any atom is -0.497 e. The smallest absolute Gasteiger partial charge is 0.224 e. The van der Waals surface area contributed by atoms with Gasteiger partial charge in [-0.05, 0) is 30.5 Å². The van der Waals surface area contributed by atoms with Crippen LogP contribution in [0.2, 0.25) is 0 Å². The summed E-state index contributed by atoms with van der Waals surface area (Å²) in [5.41, 5.74) is 1.03. The molecule has 0 bridgehead atoms. The molecule has 0 aliphatic rings. The van der Waals surface area contributed by atoms with E-state index in [1.807, 2.05) is 29.2 Å². The highest BCUT2D eigenvalue weighted by atomic mass is 16.5. The maximum absolute atomic E-state index is 12.4. The molecule has 0 saturated heterocycles. The van der Waals surface area contributed by atoms with Gasteiger partial charge in [0, 0.05) is 39.5 Å². The van der Waals surface area contributed by atoms with Crippen molar-refractivity contribution in [2.45, 2.75) is 46.6 Å². The summed E-state index contributed by atoms with van der Waals surface area (Å²) in [6, 6.07) is 7.64. The third-order valence-electron chi connectivity index (χ3n) is 3.91. The number of rotatable bonds is 10.